The number of nitrogens with one attached hydrogen (secondary N) is 2. The number of methoxy groups -OCH3 is 2. The molecule has 0 bridgehead atoms. The SMILES string of the molecule is COCC(=O)Nc1ccc(N2C(=S)N[C@H](c3ccccn3)[C@@H]2c2ccc(-c3ccccc3C(=O)OC)o2)cc1C. The molecule has 1 saturated heterocycles. The quantitative estimate of drug-likeness (QED) is 0.224. The maximum absolute atomic E-state index is 12.4. The van der Waals surface area contributed by atoms with Gasteiger partial charge in [-0.05, 0) is 73.2 Å². The fourth-order valence-corrected chi connectivity index (χ4v) is 5.17. The standard InChI is InChI=1S/C30H28N4O5S/c1-18-16-19(11-12-22(18)32-26(35)17-37-2)34-28(27(33-30(34)40)23-10-6-7-15-31-23)25-14-13-24(39-25)20-8-4-5-9-21(20)29(36)38-3/h4-16,27-28H,17H2,1-3H3,(H,32,35)(H,33,40)/t27-,28+/m1/s1. The van der Waals surface area contributed by atoms with Crippen molar-refractivity contribution in [3.8, 4) is 11.3 Å². The van der Waals surface area contributed by atoms with Crippen LogP contribution >= 0.6 is 12.2 Å². The molecule has 1 fully saturated rings. The number of anilines is 2. The summed E-state index contributed by atoms with van der Waals surface area (Å²) in [5.41, 5.74) is 4.19. The third-order valence-corrected chi connectivity index (χ3v) is 6.97. The molecule has 10 heteroatoms. The van der Waals surface area contributed by atoms with Gasteiger partial charge in [-0.3, -0.25) is 9.78 Å². The number of benzene rings is 2. The fraction of sp³-hybridized carbons (Fsp3) is 0.200. The third-order valence-electron chi connectivity index (χ3n) is 6.65. The molecular weight excluding hydrogens is 528 g/mol. The number of hydrogen-bond acceptors (Lipinski definition) is 7. The molecule has 5 rings (SSSR count). The summed E-state index contributed by atoms with van der Waals surface area (Å²) in [6.45, 7) is 1.88. The number of pyridine rings is 1. The van der Waals surface area contributed by atoms with Crippen molar-refractivity contribution in [1.29, 1.82) is 0 Å². The van der Waals surface area contributed by atoms with Crippen LogP contribution in [-0.4, -0.2) is 42.8 Å². The Morgan fingerprint density at radius 3 is 2.60 bits per heavy atom. The molecule has 2 aromatic heterocycles. The van der Waals surface area contributed by atoms with Crippen LogP contribution < -0.4 is 15.5 Å². The van der Waals surface area contributed by atoms with Crippen molar-refractivity contribution >= 4 is 40.6 Å². The summed E-state index contributed by atoms with van der Waals surface area (Å²) in [5.74, 6) is 0.479. The lowest BCUT2D eigenvalue weighted by atomic mass is 10.0. The van der Waals surface area contributed by atoms with Gasteiger partial charge in [0.05, 0.1) is 24.4 Å². The first kappa shape index (κ1) is 27.0. The van der Waals surface area contributed by atoms with Gasteiger partial charge in [0.15, 0.2) is 5.11 Å². The number of furan rings is 1. The van der Waals surface area contributed by atoms with Gasteiger partial charge in [-0.2, -0.15) is 0 Å². The normalized spacial score (nSPS) is 16.5. The van der Waals surface area contributed by atoms with E-state index in [1.54, 1.807) is 18.3 Å². The highest BCUT2D eigenvalue weighted by Gasteiger charge is 2.42. The van der Waals surface area contributed by atoms with E-state index in [2.05, 4.69) is 15.6 Å². The fourth-order valence-electron chi connectivity index (χ4n) is 4.82. The molecule has 40 heavy (non-hydrogen) atoms. The Hall–Kier alpha value is -4.54. The van der Waals surface area contributed by atoms with Crippen LogP contribution in [0.2, 0.25) is 0 Å². The molecule has 9 nitrogen and oxygen atoms in total. The second-order valence-electron chi connectivity index (χ2n) is 9.22. The number of esters is 1. The van der Waals surface area contributed by atoms with Crippen molar-refractivity contribution in [2.45, 2.75) is 19.0 Å². The predicted octanol–water partition coefficient (Wildman–Crippen LogP) is 5.20. The van der Waals surface area contributed by atoms with E-state index in [-0.39, 0.29) is 18.6 Å². The third kappa shape index (κ3) is 5.31. The maximum atomic E-state index is 12.4. The first-order chi connectivity index (χ1) is 19.4. The average molecular weight is 557 g/mol. The molecule has 3 heterocycles. The second kappa shape index (κ2) is 11.7. The van der Waals surface area contributed by atoms with Gasteiger partial charge in [-0.25, -0.2) is 4.79 Å². The van der Waals surface area contributed by atoms with Gasteiger partial charge < -0.3 is 29.4 Å². The van der Waals surface area contributed by atoms with Crippen LogP contribution in [0.15, 0.2) is 83.4 Å². The van der Waals surface area contributed by atoms with Crippen LogP contribution in [0, 0.1) is 6.92 Å². The average Bonchev–Trinajstić information content (AvgIpc) is 3.59. The molecule has 1 aliphatic heterocycles. The number of aromatic nitrogens is 1. The minimum atomic E-state index is -0.446. The highest BCUT2D eigenvalue weighted by molar-refractivity contribution is 7.80. The molecule has 0 radical (unpaired) electrons. The van der Waals surface area contributed by atoms with Crippen molar-refractivity contribution in [1.82, 2.24) is 10.3 Å². The number of ether oxygens (including phenoxy) is 2. The smallest absolute Gasteiger partial charge is 0.338 e. The predicted molar refractivity (Wildman–Crippen MR) is 155 cm³/mol. The Morgan fingerprint density at radius 1 is 1.07 bits per heavy atom. The number of carbonyl (C=O) groups excluding carboxylic acids is 2. The van der Waals surface area contributed by atoms with Crippen LogP contribution in [0.4, 0.5) is 11.4 Å². The van der Waals surface area contributed by atoms with E-state index >= 15 is 0 Å². The minimum absolute atomic E-state index is 0.0327. The highest BCUT2D eigenvalue weighted by atomic mass is 32.1. The zero-order valence-corrected chi connectivity index (χ0v) is 23.0. The number of nitrogens with zero attached hydrogens (tertiary/aromatic N) is 2. The number of amides is 1. The minimum Gasteiger partial charge on any atom is -0.465 e. The molecule has 1 amide bonds. The van der Waals surface area contributed by atoms with Gasteiger partial charge in [-0.1, -0.05) is 24.3 Å². The number of hydrogen-bond donors (Lipinski definition) is 2. The van der Waals surface area contributed by atoms with E-state index in [1.807, 2.05) is 72.5 Å². The number of carbonyl (C=O) groups is 2. The van der Waals surface area contributed by atoms with Crippen LogP contribution in [0.1, 0.15) is 39.5 Å². The zero-order chi connectivity index (χ0) is 28.2. The molecule has 0 aliphatic carbocycles. The largest absolute Gasteiger partial charge is 0.465 e. The van der Waals surface area contributed by atoms with E-state index in [1.165, 1.54) is 14.2 Å². The zero-order valence-electron chi connectivity index (χ0n) is 22.2. The Bertz CT molecular complexity index is 1550. The topological polar surface area (TPSA) is 106 Å². The Balaban J connectivity index is 1.56. The molecule has 1 aliphatic rings. The van der Waals surface area contributed by atoms with Gasteiger partial charge in [0.2, 0.25) is 5.91 Å². The molecule has 204 valence electrons. The van der Waals surface area contributed by atoms with Crippen LogP contribution in [-0.2, 0) is 14.3 Å². The summed E-state index contributed by atoms with van der Waals surface area (Å²) in [5, 5.41) is 6.78. The van der Waals surface area contributed by atoms with Gasteiger partial charge in [0, 0.05) is 30.2 Å². The van der Waals surface area contributed by atoms with Gasteiger partial charge in [0.25, 0.3) is 0 Å². The first-order valence-electron chi connectivity index (χ1n) is 12.6. The van der Waals surface area contributed by atoms with Gasteiger partial charge in [0.1, 0.15) is 24.2 Å². The Morgan fingerprint density at radius 2 is 1.88 bits per heavy atom. The molecule has 2 N–H and O–H groups in total. The van der Waals surface area contributed by atoms with Crippen molar-refractivity contribution in [2.75, 3.05) is 31.0 Å². The molecule has 0 saturated carbocycles. The molecule has 0 unspecified atom stereocenters. The summed E-state index contributed by atoms with van der Waals surface area (Å²) >= 11 is 5.83. The number of rotatable bonds is 8. The molecule has 0 spiro atoms. The van der Waals surface area contributed by atoms with Crippen LogP contribution in [0.25, 0.3) is 11.3 Å². The summed E-state index contributed by atoms with van der Waals surface area (Å²) in [6.07, 6.45) is 1.74. The number of aryl methyl sites for hydroxylation is 1. The lowest BCUT2D eigenvalue weighted by Gasteiger charge is -2.27. The van der Waals surface area contributed by atoms with E-state index in [9.17, 15) is 9.59 Å². The van der Waals surface area contributed by atoms with E-state index in [0.29, 0.717) is 33.4 Å². The van der Waals surface area contributed by atoms with Crippen molar-refractivity contribution in [3.63, 3.8) is 0 Å². The summed E-state index contributed by atoms with van der Waals surface area (Å²) in [4.78, 5) is 31.1. The summed E-state index contributed by atoms with van der Waals surface area (Å²) in [7, 11) is 2.83. The molecule has 2 atom stereocenters. The summed E-state index contributed by atoms with van der Waals surface area (Å²) in [6, 6.07) is 21.6. The summed E-state index contributed by atoms with van der Waals surface area (Å²) < 4.78 is 16.3. The van der Waals surface area contributed by atoms with Crippen molar-refractivity contribution in [3.05, 3.63) is 102 Å². The maximum Gasteiger partial charge on any atom is 0.338 e. The van der Waals surface area contributed by atoms with E-state index in [0.717, 1.165) is 16.9 Å². The van der Waals surface area contributed by atoms with Crippen molar-refractivity contribution in [2.24, 2.45) is 0 Å². The lowest BCUT2D eigenvalue weighted by Crippen LogP contribution is -2.29. The monoisotopic (exact) mass is 556 g/mol. The Labute approximate surface area is 237 Å². The van der Waals surface area contributed by atoms with Crippen LogP contribution in [0.5, 0.6) is 0 Å². The second-order valence-corrected chi connectivity index (χ2v) is 9.60. The van der Waals surface area contributed by atoms with Crippen molar-refractivity contribution < 1.29 is 23.5 Å². The van der Waals surface area contributed by atoms with Gasteiger partial charge in [-0.15, -0.1) is 0 Å². The highest BCUT2D eigenvalue weighted by Crippen LogP contribution is 2.43. The Kier molecular flexibility index (Phi) is 7.90. The van der Waals surface area contributed by atoms with E-state index < -0.39 is 12.0 Å². The molecular formula is C30H28N4O5S. The van der Waals surface area contributed by atoms with Gasteiger partial charge >= 0.3 is 5.97 Å². The van der Waals surface area contributed by atoms with Crippen LogP contribution in [0.3, 0.4) is 0 Å². The molecule has 2 aromatic carbocycles. The lowest BCUT2D eigenvalue weighted by molar-refractivity contribution is -0.119. The van der Waals surface area contributed by atoms with E-state index in [4.69, 9.17) is 26.1 Å². The first-order valence-corrected chi connectivity index (χ1v) is 13.0. The number of thiocarbonyl (C=S) groups is 1. The molecule has 4 aromatic rings.